The van der Waals surface area contributed by atoms with E-state index in [9.17, 15) is 9.59 Å². The van der Waals surface area contributed by atoms with Crippen LogP contribution in [0.1, 0.15) is 44.9 Å². The van der Waals surface area contributed by atoms with Crippen molar-refractivity contribution in [1.29, 1.82) is 0 Å². The number of fused-ring (bicyclic) bond motifs is 2. The number of hydrogen-bond donors (Lipinski definition) is 1. The molecule has 0 aromatic rings. The fraction of sp³-hybridized carbons (Fsp3) is 0.882. The summed E-state index contributed by atoms with van der Waals surface area (Å²) >= 11 is 0. The number of carbonyl (C=O) groups excluding carboxylic acids is 2. The Morgan fingerprint density at radius 1 is 1.05 bits per heavy atom. The second-order valence-electron chi connectivity index (χ2n) is 7.63. The van der Waals surface area contributed by atoms with E-state index in [4.69, 9.17) is 0 Å². The van der Waals surface area contributed by atoms with Gasteiger partial charge in [-0.1, -0.05) is 25.7 Å². The van der Waals surface area contributed by atoms with Crippen LogP contribution in [0, 0.1) is 17.8 Å². The van der Waals surface area contributed by atoms with E-state index >= 15 is 0 Å². The maximum atomic E-state index is 12.9. The lowest BCUT2D eigenvalue weighted by Gasteiger charge is -2.42. The molecule has 122 valence electrons. The summed E-state index contributed by atoms with van der Waals surface area (Å²) in [4.78, 5) is 28.5. The van der Waals surface area contributed by atoms with Gasteiger partial charge in [-0.3, -0.25) is 4.79 Å². The summed E-state index contributed by atoms with van der Waals surface area (Å²) < 4.78 is 0. The van der Waals surface area contributed by atoms with Crippen LogP contribution in [0.25, 0.3) is 0 Å². The van der Waals surface area contributed by atoms with Gasteiger partial charge in [0.2, 0.25) is 5.91 Å². The number of nitrogens with zero attached hydrogens (tertiary/aromatic N) is 2. The van der Waals surface area contributed by atoms with E-state index in [1.807, 2.05) is 9.80 Å². The Morgan fingerprint density at radius 2 is 1.86 bits per heavy atom. The zero-order valence-corrected chi connectivity index (χ0v) is 13.3. The van der Waals surface area contributed by atoms with E-state index in [-0.39, 0.29) is 18.0 Å². The molecule has 2 aliphatic heterocycles. The molecule has 2 saturated heterocycles. The Labute approximate surface area is 132 Å². The largest absolute Gasteiger partial charge is 0.339 e. The Kier molecular flexibility index (Phi) is 3.74. The number of rotatable bonds is 1. The molecule has 0 spiro atoms. The molecule has 0 unspecified atom stereocenters. The first-order chi connectivity index (χ1) is 10.7. The molecule has 5 nitrogen and oxygen atoms in total. The maximum Gasteiger partial charge on any atom is 0.317 e. The van der Waals surface area contributed by atoms with Crippen LogP contribution < -0.4 is 5.32 Å². The molecule has 0 aromatic heterocycles. The highest BCUT2D eigenvalue weighted by atomic mass is 16.2. The highest BCUT2D eigenvalue weighted by molar-refractivity contribution is 5.81. The molecule has 4 atom stereocenters. The quantitative estimate of drug-likeness (QED) is 0.803. The molecule has 0 bridgehead atoms. The standard InChI is InChI=1S/C17H27N3O2/c21-16(14-6-5-12-3-1-2-4-13(12)9-14)19-7-8-20-15(11-19)10-18-17(20)22/h12-15H,1-11H2,(H,18,22)/t12-,13+,14+,15-/m0/s1. The normalized spacial score (nSPS) is 38.3. The van der Waals surface area contributed by atoms with Crippen molar-refractivity contribution in [3.05, 3.63) is 0 Å². The minimum atomic E-state index is 0.0415. The van der Waals surface area contributed by atoms with Gasteiger partial charge in [0.25, 0.3) is 0 Å². The fourth-order valence-electron chi connectivity index (χ4n) is 5.16. The lowest BCUT2D eigenvalue weighted by molar-refractivity contribution is -0.140. The monoisotopic (exact) mass is 305 g/mol. The van der Waals surface area contributed by atoms with Crippen LogP contribution in [-0.2, 0) is 4.79 Å². The third-order valence-electron chi connectivity index (χ3n) is 6.43. The lowest BCUT2D eigenvalue weighted by Crippen LogP contribution is -2.55. The molecule has 4 rings (SSSR count). The molecule has 1 N–H and O–H groups in total. The number of amides is 3. The molecule has 0 radical (unpaired) electrons. The molecule has 2 aliphatic carbocycles. The molecule has 2 heterocycles. The van der Waals surface area contributed by atoms with Crippen LogP contribution in [0.3, 0.4) is 0 Å². The van der Waals surface area contributed by atoms with Crippen LogP contribution in [0.4, 0.5) is 4.79 Å². The Balaban J connectivity index is 1.37. The third kappa shape index (κ3) is 2.48. The highest BCUT2D eigenvalue weighted by Crippen LogP contribution is 2.43. The molecule has 3 amide bonds. The number of hydrogen-bond acceptors (Lipinski definition) is 2. The number of urea groups is 1. The van der Waals surface area contributed by atoms with Gasteiger partial charge in [-0.2, -0.15) is 0 Å². The van der Waals surface area contributed by atoms with Crippen LogP contribution in [0.5, 0.6) is 0 Å². The van der Waals surface area contributed by atoms with Gasteiger partial charge in [0, 0.05) is 32.1 Å². The summed E-state index contributed by atoms with van der Waals surface area (Å²) in [5.74, 6) is 2.30. The van der Waals surface area contributed by atoms with Gasteiger partial charge in [-0.15, -0.1) is 0 Å². The summed E-state index contributed by atoms with van der Waals surface area (Å²) in [7, 11) is 0. The van der Waals surface area contributed by atoms with Gasteiger partial charge >= 0.3 is 6.03 Å². The molecule has 2 saturated carbocycles. The van der Waals surface area contributed by atoms with E-state index in [0.29, 0.717) is 25.5 Å². The average molecular weight is 305 g/mol. The van der Waals surface area contributed by atoms with Gasteiger partial charge < -0.3 is 15.1 Å². The lowest BCUT2D eigenvalue weighted by atomic mass is 9.67. The zero-order chi connectivity index (χ0) is 15.1. The zero-order valence-electron chi connectivity index (χ0n) is 13.3. The van der Waals surface area contributed by atoms with E-state index in [1.165, 1.54) is 32.1 Å². The van der Waals surface area contributed by atoms with Crippen molar-refractivity contribution in [2.45, 2.75) is 51.0 Å². The number of carbonyl (C=O) groups is 2. The highest BCUT2D eigenvalue weighted by Gasteiger charge is 2.40. The van der Waals surface area contributed by atoms with Crippen LogP contribution in [0.15, 0.2) is 0 Å². The molecule has 0 aromatic carbocycles. The first-order valence-electron chi connectivity index (χ1n) is 9.05. The minimum Gasteiger partial charge on any atom is -0.339 e. The molecular formula is C17H27N3O2. The predicted octanol–water partition coefficient (Wildman–Crippen LogP) is 1.83. The number of piperazine rings is 1. The molecule has 4 aliphatic rings. The van der Waals surface area contributed by atoms with E-state index in [0.717, 1.165) is 31.2 Å². The van der Waals surface area contributed by atoms with Crippen molar-refractivity contribution in [2.75, 3.05) is 26.2 Å². The van der Waals surface area contributed by atoms with E-state index < -0.39 is 0 Å². The second kappa shape index (κ2) is 5.74. The Morgan fingerprint density at radius 3 is 2.73 bits per heavy atom. The van der Waals surface area contributed by atoms with E-state index in [2.05, 4.69) is 5.32 Å². The van der Waals surface area contributed by atoms with E-state index in [1.54, 1.807) is 0 Å². The fourth-order valence-corrected chi connectivity index (χ4v) is 5.16. The van der Waals surface area contributed by atoms with Crippen LogP contribution >= 0.6 is 0 Å². The SMILES string of the molecule is O=C([C@@H]1CC[C@@H]2CCCC[C@@H]2C1)N1CCN2C(=O)NC[C@H]2C1. The second-order valence-corrected chi connectivity index (χ2v) is 7.63. The van der Waals surface area contributed by atoms with Gasteiger partial charge in [0.1, 0.15) is 0 Å². The Bertz CT molecular complexity index is 467. The molecular weight excluding hydrogens is 278 g/mol. The van der Waals surface area contributed by atoms with Crippen LogP contribution in [0.2, 0.25) is 0 Å². The summed E-state index contributed by atoms with van der Waals surface area (Å²) in [6.45, 7) is 2.83. The van der Waals surface area contributed by atoms with Crippen molar-refractivity contribution in [1.82, 2.24) is 15.1 Å². The number of nitrogens with one attached hydrogen (secondary N) is 1. The summed E-state index contributed by atoms with van der Waals surface area (Å²) in [6.07, 6.45) is 8.93. The van der Waals surface area contributed by atoms with Crippen molar-refractivity contribution >= 4 is 11.9 Å². The molecule has 22 heavy (non-hydrogen) atoms. The average Bonchev–Trinajstić information content (AvgIpc) is 2.94. The van der Waals surface area contributed by atoms with Crippen molar-refractivity contribution in [3.8, 4) is 0 Å². The molecule has 5 heteroatoms. The van der Waals surface area contributed by atoms with Gasteiger partial charge in [-0.05, 0) is 31.1 Å². The van der Waals surface area contributed by atoms with Crippen molar-refractivity contribution < 1.29 is 9.59 Å². The minimum absolute atomic E-state index is 0.0415. The predicted molar refractivity (Wildman–Crippen MR) is 83.3 cm³/mol. The van der Waals surface area contributed by atoms with Crippen LogP contribution in [-0.4, -0.2) is 54.0 Å². The summed E-state index contributed by atoms with van der Waals surface area (Å²) in [5.41, 5.74) is 0. The first-order valence-corrected chi connectivity index (χ1v) is 9.05. The van der Waals surface area contributed by atoms with Gasteiger partial charge in [-0.25, -0.2) is 4.79 Å². The summed E-state index contributed by atoms with van der Waals surface area (Å²) in [5, 5.41) is 2.89. The van der Waals surface area contributed by atoms with Crippen molar-refractivity contribution in [2.24, 2.45) is 17.8 Å². The van der Waals surface area contributed by atoms with Gasteiger partial charge in [0.15, 0.2) is 0 Å². The van der Waals surface area contributed by atoms with Crippen molar-refractivity contribution in [3.63, 3.8) is 0 Å². The smallest absolute Gasteiger partial charge is 0.317 e. The van der Waals surface area contributed by atoms with Gasteiger partial charge in [0.05, 0.1) is 6.04 Å². The topological polar surface area (TPSA) is 52.7 Å². The maximum absolute atomic E-state index is 12.9. The first kappa shape index (κ1) is 14.3. The molecule has 4 fully saturated rings. The Hall–Kier alpha value is -1.26. The summed E-state index contributed by atoms with van der Waals surface area (Å²) in [6, 6.07) is 0.232. The third-order valence-corrected chi connectivity index (χ3v) is 6.43.